The predicted molar refractivity (Wildman–Crippen MR) is 110 cm³/mol. The van der Waals surface area contributed by atoms with Crippen LogP contribution >= 0.6 is 0 Å². The lowest BCUT2D eigenvalue weighted by molar-refractivity contribution is -0.127. The molecular formula is C22H27FN4O3. The molecule has 0 radical (unpaired) electrons. The molecule has 1 aliphatic carbocycles. The van der Waals surface area contributed by atoms with Gasteiger partial charge < -0.3 is 15.6 Å². The van der Waals surface area contributed by atoms with Crippen LogP contribution in [0.4, 0.5) is 9.18 Å². The highest BCUT2D eigenvalue weighted by Crippen LogP contribution is 2.21. The SMILES string of the molecule is O=C(CCC1NC(=O)N(CCc2c[nH]c3ccc(F)cc23)C1=O)NC1CCCCC1. The number of aromatic amines is 1. The van der Waals surface area contributed by atoms with E-state index in [2.05, 4.69) is 15.6 Å². The predicted octanol–water partition coefficient (Wildman–Crippen LogP) is 3.00. The smallest absolute Gasteiger partial charge is 0.324 e. The number of imide groups is 1. The van der Waals surface area contributed by atoms with Crippen LogP contribution in [-0.4, -0.2) is 46.4 Å². The summed E-state index contributed by atoms with van der Waals surface area (Å²) in [5.41, 5.74) is 1.66. The molecule has 30 heavy (non-hydrogen) atoms. The zero-order valence-electron chi connectivity index (χ0n) is 16.9. The maximum Gasteiger partial charge on any atom is 0.324 e. The number of halogens is 1. The maximum atomic E-state index is 13.5. The van der Waals surface area contributed by atoms with Crippen molar-refractivity contribution >= 4 is 28.7 Å². The fraction of sp³-hybridized carbons (Fsp3) is 0.500. The molecule has 1 aromatic carbocycles. The molecule has 1 saturated carbocycles. The van der Waals surface area contributed by atoms with Gasteiger partial charge in [-0.3, -0.25) is 14.5 Å². The number of hydrogen-bond acceptors (Lipinski definition) is 3. The lowest BCUT2D eigenvalue weighted by Gasteiger charge is -2.22. The van der Waals surface area contributed by atoms with Gasteiger partial charge in [0.1, 0.15) is 11.9 Å². The Morgan fingerprint density at radius 1 is 1.20 bits per heavy atom. The van der Waals surface area contributed by atoms with Crippen LogP contribution < -0.4 is 10.6 Å². The fourth-order valence-corrected chi connectivity index (χ4v) is 4.40. The fourth-order valence-electron chi connectivity index (χ4n) is 4.40. The van der Waals surface area contributed by atoms with Gasteiger partial charge in [-0.15, -0.1) is 0 Å². The summed E-state index contributed by atoms with van der Waals surface area (Å²) in [6.45, 7) is 0.207. The summed E-state index contributed by atoms with van der Waals surface area (Å²) >= 11 is 0. The van der Waals surface area contributed by atoms with Crippen LogP contribution in [0.5, 0.6) is 0 Å². The third-order valence-corrected chi connectivity index (χ3v) is 6.07. The number of H-pyrrole nitrogens is 1. The number of rotatable bonds is 7. The van der Waals surface area contributed by atoms with Gasteiger partial charge in [0.15, 0.2) is 0 Å². The lowest BCUT2D eigenvalue weighted by Crippen LogP contribution is -2.38. The Morgan fingerprint density at radius 2 is 2.00 bits per heavy atom. The van der Waals surface area contributed by atoms with E-state index in [0.29, 0.717) is 6.42 Å². The van der Waals surface area contributed by atoms with E-state index in [1.807, 2.05) is 0 Å². The Labute approximate surface area is 174 Å². The molecule has 3 N–H and O–H groups in total. The van der Waals surface area contributed by atoms with Crippen molar-refractivity contribution in [3.63, 3.8) is 0 Å². The third kappa shape index (κ3) is 4.47. The van der Waals surface area contributed by atoms with Gasteiger partial charge in [-0.1, -0.05) is 19.3 Å². The van der Waals surface area contributed by atoms with E-state index >= 15 is 0 Å². The second-order valence-corrected chi connectivity index (χ2v) is 8.19. The number of carbonyl (C=O) groups excluding carboxylic acids is 3. The molecule has 1 atom stereocenters. The zero-order valence-corrected chi connectivity index (χ0v) is 16.9. The van der Waals surface area contributed by atoms with E-state index < -0.39 is 12.1 Å². The first-order chi connectivity index (χ1) is 14.5. The Hall–Kier alpha value is -2.90. The molecule has 160 valence electrons. The minimum absolute atomic E-state index is 0.0665. The van der Waals surface area contributed by atoms with Gasteiger partial charge in [-0.2, -0.15) is 0 Å². The Kier molecular flexibility index (Phi) is 6.01. The molecule has 4 rings (SSSR count). The van der Waals surface area contributed by atoms with E-state index in [1.165, 1.54) is 23.5 Å². The first kappa shape index (κ1) is 20.4. The van der Waals surface area contributed by atoms with E-state index in [1.54, 1.807) is 12.3 Å². The van der Waals surface area contributed by atoms with Crippen molar-refractivity contribution in [3.8, 4) is 0 Å². The molecule has 4 amide bonds. The van der Waals surface area contributed by atoms with Crippen molar-refractivity contribution in [1.29, 1.82) is 0 Å². The topological polar surface area (TPSA) is 94.3 Å². The highest BCUT2D eigenvalue weighted by atomic mass is 19.1. The third-order valence-electron chi connectivity index (χ3n) is 6.07. The van der Waals surface area contributed by atoms with E-state index in [9.17, 15) is 18.8 Å². The van der Waals surface area contributed by atoms with Gasteiger partial charge >= 0.3 is 6.03 Å². The standard InChI is InChI=1S/C22H27FN4O3/c23-15-6-7-18-17(12-15)14(13-24-18)10-11-27-21(29)19(26-22(27)30)8-9-20(28)25-16-4-2-1-3-5-16/h6-7,12-13,16,19,24H,1-5,8-11H2,(H,25,28)(H,26,30). The van der Waals surface area contributed by atoms with Crippen molar-refractivity contribution in [2.75, 3.05) is 6.54 Å². The molecule has 2 aliphatic rings. The number of amides is 4. The first-order valence-corrected chi connectivity index (χ1v) is 10.7. The largest absolute Gasteiger partial charge is 0.361 e. The number of nitrogens with zero attached hydrogens (tertiary/aromatic N) is 1. The van der Waals surface area contributed by atoms with Gasteiger partial charge in [-0.05, 0) is 49.4 Å². The maximum absolute atomic E-state index is 13.5. The van der Waals surface area contributed by atoms with Crippen LogP contribution in [0.15, 0.2) is 24.4 Å². The highest BCUT2D eigenvalue weighted by molar-refractivity contribution is 6.04. The summed E-state index contributed by atoms with van der Waals surface area (Å²) in [6, 6.07) is 3.61. The molecule has 2 fully saturated rings. The van der Waals surface area contributed by atoms with Crippen molar-refractivity contribution in [2.24, 2.45) is 0 Å². The quantitative estimate of drug-likeness (QED) is 0.608. The van der Waals surface area contributed by atoms with E-state index in [-0.39, 0.29) is 43.1 Å². The number of nitrogens with one attached hydrogen (secondary N) is 3. The summed E-state index contributed by atoms with van der Waals surface area (Å²) in [7, 11) is 0. The molecule has 2 aromatic rings. The highest BCUT2D eigenvalue weighted by Gasteiger charge is 2.37. The van der Waals surface area contributed by atoms with Crippen LogP contribution in [0.2, 0.25) is 0 Å². The Morgan fingerprint density at radius 3 is 2.80 bits per heavy atom. The molecule has 1 unspecified atom stereocenters. The van der Waals surface area contributed by atoms with Crippen LogP contribution in [0.1, 0.15) is 50.5 Å². The second kappa shape index (κ2) is 8.85. The minimum atomic E-state index is -0.671. The molecule has 0 bridgehead atoms. The van der Waals surface area contributed by atoms with Crippen LogP contribution in [0, 0.1) is 5.82 Å². The molecular weight excluding hydrogens is 387 g/mol. The molecule has 8 heteroatoms. The first-order valence-electron chi connectivity index (χ1n) is 10.7. The van der Waals surface area contributed by atoms with Crippen LogP contribution in [-0.2, 0) is 16.0 Å². The zero-order chi connectivity index (χ0) is 21.1. The summed E-state index contributed by atoms with van der Waals surface area (Å²) in [5.74, 6) is -0.704. The van der Waals surface area contributed by atoms with Gasteiger partial charge in [-0.25, -0.2) is 9.18 Å². The molecule has 1 aliphatic heterocycles. The summed E-state index contributed by atoms with van der Waals surface area (Å²) < 4.78 is 13.5. The van der Waals surface area contributed by atoms with Gasteiger partial charge in [0.2, 0.25) is 5.91 Å². The lowest BCUT2D eigenvalue weighted by atomic mass is 9.95. The molecule has 7 nitrogen and oxygen atoms in total. The van der Waals surface area contributed by atoms with Crippen LogP contribution in [0.3, 0.4) is 0 Å². The van der Waals surface area contributed by atoms with Crippen LogP contribution in [0.25, 0.3) is 10.9 Å². The number of aromatic nitrogens is 1. The van der Waals surface area contributed by atoms with Crippen molar-refractivity contribution in [1.82, 2.24) is 20.5 Å². The van der Waals surface area contributed by atoms with Crippen molar-refractivity contribution < 1.29 is 18.8 Å². The van der Waals surface area contributed by atoms with E-state index in [0.717, 1.165) is 42.1 Å². The Balaban J connectivity index is 1.29. The van der Waals surface area contributed by atoms with E-state index in [4.69, 9.17) is 0 Å². The Bertz CT molecular complexity index is 951. The number of carbonyl (C=O) groups is 3. The number of benzene rings is 1. The molecule has 0 spiro atoms. The summed E-state index contributed by atoms with van der Waals surface area (Å²) in [4.78, 5) is 41.3. The summed E-state index contributed by atoms with van der Waals surface area (Å²) in [6.07, 6.45) is 8.22. The van der Waals surface area contributed by atoms with Crippen molar-refractivity contribution in [3.05, 3.63) is 35.8 Å². The normalized spacial score (nSPS) is 20.0. The summed E-state index contributed by atoms with van der Waals surface area (Å²) in [5, 5.41) is 6.46. The average Bonchev–Trinajstić information content (AvgIpc) is 3.25. The number of hydrogen-bond donors (Lipinski definition) is 3. The molecule has 1 saturated heterocycles. The van der Waals surface area contributed by atoms with Gasteiger partial charge in [0.25, 0.3) is 5.91 Å². The number of fused-ring (bicyclic) bond motifs is 1. The minimum Gasteiger partial charge on any atom is -0.361 e. The molecule has 1 aromatic heterocycles. The average molecular weight is 414 g/mol. The van der Waals surface area contributed by atoms with Crippen molar-refractivity contribution in [2.45, 2.75) is 63.5 Å². The number of urea groups is 1. The van der Waals surface area contributed by atoms with Gasteiger partial charge in [0.05, 0.1) is 0 Å². The monoisotopic (exact) mass is 414 g/mol. The molecule has 2 heterocycles. The van der Waals surface area contributed by atoms with Gasteiger partial charge in [0, 0.05) is 36.1 Å². The second-order valence-electron chi connectivity index (χ2n) is 8.19.